The molecule has 4 aromatic rings. The van der Waals surface area contributed by atoms with Gasteiger partial charge in [0, 0.05) is 24.2 Å². The van der Waals surface area contributed by atoms with Gasteiger partial charge in [0.25, 0.3) is 5.91 Å². The predicted octanol–water partition coefficient (Wildman–Crippen LogP) is 6.73. The molecule has 196 valence electrons. The van der Waals surface area contributed by atoms with Gasteiger partial charge in [-0.15, -0.1) is 0 Å². The molecule has 1 fully saturated rings. The minimum atomic E-state index is -4.49. The van der Waals surface area contributed by atoms with E-state index in [0.717, 1.165) is 55.7 Å². The molecule has 1 aliphatic rings. The van der Waals surface area contributed by atoms with E-state index in [-0.39, 0.29) is 12.3 Å². The van der Waals surface area contributed by atoms with E-state index >= 15 is 0 Å². The second kappa shape index (κ2) is 11.1. The third-order valence-corrected chi connectivity index (χ3v) is 6.81. The van der Waals surface area contributed by atoms with Crippen LogP contribution in [0.4, 0.5) is 24.7 Å². The standard InChI is InChI=1S/C30H28F3N3O2/c31-30(32,33)24-9-5-10-25(19-24)34-28(37)20-38-26-11-4-8-23-12-13-27(35-29(23)26)36-16-14-22(15-17-36)18-21-6-2-1-3-7-21/h1-13,19,22H,14-18,20H2,(H,34,37). The molecular formula is C30H28F3N3O2. The first-order valence-electron chi connectivity index (χ1n) is 12.6. The highest BCUT2D eigenvalue weighted by atomic mass is 19.4. The molecule has 0 radical (unpaired) electrons. The van der Waals surface area contributed by atoms with Crippen LogP contribution in [-0.2, 0) is 17.4 Å². The third-order valence-electron chi connectivity index (χ3n) is 6.81. The van der Waals surface area contributed by atoms with Crippen molar-refractivity contribution in [1.82, 2.24) is 4.98 Å². The zero-order valence-electron chi connectivity index (χ0n) is 20.7. The molecule has 8 heteroatoms. The molecular weight excluding hydrogens is 491 g/mol. The van der Waals surface area contributed by atoms with Crippen molar-refractivity contribution in [3.05, 3.63) is 96.1 Å². The van der Waals surface area contributed by atoms with Crippen LogP contribution in [0.2, 0.25) is 0 Å². The Bertz CT molecular complexity index is 1400. The summed E-state index contributed by atoms with van der Waals surface area (Å²) in [5.41, 5.74) is 1.24. The van der Waals surface area contributed by atoms with Crippen LogP contribution < -0.4 is 15.0 Å². The van der Waals surface area contributed by atoms with Crippen LogP contribution in [0.1, 0.15) is 24.0 Å². The number of carbonyl (C=O) groups is 1. The van der Waals surface area contributed by atoms with E-state index in [1.807, 2.05) is 30.3 Å². The summed E-state index contributed by atoms with van der Waals surface area (Å²) in [4.78, 5) is 19.5. The summed E-state index contributed by atoms with van der Waals surface area (Å²) in [6, 6.07) is 24.5. The molecule has 2 heterocycles. The van der Waals surface area contributed by atoms with Crippen molar-refractivity contribution in [3.63, 3.8) is 0 Å². The smallest absolute Gasteiger partial charge is 0.416 e. The number of nitrogens with one attached hydrogen (secondary N) is 1. The van der Waals surface area contributed by atoms with Gasteiger partial charge in [0.1, 0.15) is 17.1 Å². The molecule has 1 amide bonds. The molecule has 5 nitrogen and oxygen atoms in total. The molecule has 0 atom stereocenters. The number of ether oxygens (including phenoxy) is 1. The van der Waals surface area contributed by atoms with Crippen LogP contribution in [0.25, 0.3) is 10.9 Å². The fraction of sp³-hybridized carbons (Fsp3) is 0.267. The van der Waals surface area contributed by atoms with Crippen LogP contribution in [0.3, 0.4) is 0 Å². The first-order chi connectivity index (χ1) is 18.3. The summed E-state index contributed by atoms with van der Waals surface area (Å²) in [6.07, 6.45) is -1.23. The second-order valence-corrected chi connectivity index (χ2v) is 9.53. The number of anilines is 2. The number of piperidine rings is 1. The summed E-state index contributed by atoms with van der Waals surface area (Å²) < 4.78 is 44.6. The fourth-order valence-corrected chi connectivity index (χ4v) is 4.83. The van der Waals surface area contributed by atoms with Gasteiger partial charge >= 0.3 is 6.18 Å². The number of para-hydroxylation sites is 1. The van der Waals surface area contributed by atoms with Gasteiger partial charge in [0.05, 0.1) is 5.56 Å². The van der Waals surface area contributed by atoms with Crippen LogP contribution >= 0.6 is 0 Å². The Labute approximate surface area is 219 Å². The van der Waals surface area contributed by atoms with E-state index in [2.05, 4.69) is 34.5 Å². The topological polar surface area (TPSA) is 54.5 Å². The predicted molar refractivity (Wildman–Crippen MR) is 142 cm³/mol. The normalized spacial score (nSPS) is 14.4. The Morgan fingerprint density at radius 1 is 0.947 bits per heavy atom. The Morgan fingerprint density at radius 2 is 1.71 bits per heavy atom. The highest BCUT2D eigenvalue weighted by Gasteiger charge is 2.30. The number of nitrogens with zero attached hydrogens (tertiary/aromatic N) is 2. The summed E-state index contributed by atoms with van der Waals surface area (Å²) >= 11 is 0. The number of amides is 1. The van der Waals surface area contributed by atoms with Gasteiger partial charge in [-0.25, -0.2) is 4.98 Å². The molecule has 1 saturated heterocycles. The van der Waals surface area contributed by atoms with Crippen molar-refractivity contribution in [1.29, 1.82) is 0 Å². The average molecular weight is 520 g/mol. The molecule has 0 spiro atoms. The van der Waals surface area contributed by atoms with Crippen LogP contribution in [-0.4, -0.2) is 30.6 Å². The molecule has 0 unspecified atom stereocenters. The first-order valence-corrected chi connectivity index (χ1v) is 12.6. The minimum Gasteiger partial charge on any atom is -0.481 e. The van der Waals surface area contributed by atoms with Gasteiger partial charge in [0.2, 0.25) is 0 Å². The Morgan fingerprint density at radius 3 is 2.47 bits per heavy atom. The molecule has 0 aliphatic carbocycles. The summed E-state index contributed by atoms with van der Waals surface area (Å²) in [6.45, 7) is 1.48. The number of hydrogen-bond donors (Lipinski definition) is 1. The maximum Gasteiger partial charge on any atom is 0.416 e. The lowest BCUT2D eigenvalue weighted by atomic mass is 9.90. The van der Waals surface area contributed by atoms with Gasteiger partial charge in [-0.2, -0.15) is 13.2 Å². The lowest BCUT2D eigenvalue weighted by molar-refractivity contribution is -0.137. The van der Waals surface area contributed by atoms with Crippen molar-refractivity contribution in [3.8, 4) is 5.75 Å². The van der Waals surface area contributed by atoms with E-state index in [0.29, 0.717) is 17.2 Å². The number of benzene rings is 3. The lowest BCUT2D eigenvalue weighted by Gasteiger charge is -2.33. The SMILES string of the molecule is O=C(COc1cccc2ccc(N3CCC(Cc4ccccc4)CC3)nc12)Nc1cccc(C(F)(F)F)c1. The molecule has 1 aliphatic heterocycles. The zero-order chi connectivity index (χ0) is 26.5. The van der Waals surface area contributed by atoms with E-state index in [9.17, 15) is 18.0 Å². The van der Waals surface area contributed by atoms with Crippen molar-refractivity contribution >= 4 is 28.3 Å². The maximum absolute atomic E-state index is 13.0. The number of hydrogen-bond acceptors (Lipinski definition) is 4. The van der Waals surface area contributed by atoms with Gasteiger partial charge in [-0.05, 0) is 67.1 Å². The van der Waals surface area contributed by atoms with Gasteiger partial charge in [-0.1, -0.05) is 48.5 Å². The van der Waals surface area contributed by atoms with Gasteiger partial charge in [0.15, 0.2) is 6.61 Å². The van der Waals surface area contributed by atoms with E-state index in [4.69, 9.17) is 9.72 Å². The largest absolute Gasteiger partial charge is 0.481 e. The number of fused-ring (bicyclic) bond motifs is 1. The van der Waals surface area contributed by atoms with Crippen LogP contribution in [0.15, 0.2) is 84.9 Å². The molecule has 5 rings (SSSR count). The van der Waals surface area contributed by atoms with E-state index in [1.165, 1.54) is 17.7 Å². The highest BCUT2D eigenvalue weighted by molar-refractivity contribution is 5.92. The number of carbonyl (C=O) groups excluding carboxylic acids is 1. The first kappa shape index (κ1) is 25.6. The zero-order valence-corrected chi connectivity index (χ0v) is 20.7. The van der Waals surface area contributed by atoms with Crippen LogP contribution in [0, 0.1) is 5.92 Å². The molecule has 38 heavy (non-hydrogen) atoms. The van der Waals surface area contributed by atoms with E-state index < -0.39 is 17.6 Å². The van der Waals surface area contributed by atoms with Gasteiger partial charge in [-0.3, -0.25) is 4.79 Å². The maximum atomic E-state index is 13.0. The Balaban J connectivity index is 1.22. The number of alkyl halides is 3. The molecule has 0 saturated carbocycles. The fourth-order valence-electron chi connectivity index (χ4n) is 4.83. The van der Waals surface area contributed by atoms with Crippen molar-refractivity contribution < 1.29 is 22.7 Å². The van der Waals surface area contributed by atoms with Crippen LogP contribution in [0.5, 0.6) is 5.75 Å². The number of pyridine rings is 1. The highest BCUT2D eigenvalue weighted by Crippen LogP contribution is 2.31. The number of halogens is 3. The second-order valence-electron chi connectivity index (χ2n) is 9.53. The third kappa shape index (κ3) is 6.25. The summed E-state index contributed by atoms with van der Waals surface area (Å²) in [7, 11) is 0. The average Bonchev–Trinajstić information content (AvgIpc) is 2.92. The number of rotatable bonds is 7. The summed E-state index contributed by atoms with van der Waals surface area (Å²) in [5, 5.41) is 3.34. The van der Waals surface area contributed by atoms with E-state index in [1.54, 1.807) is 6.07 Å². The van der Waals surface area contributed by atoms with Crippen molar-refractivity contribution in [2.24, 2.45) is 5.92 Å². The quantitative estimate of drug-likeness (QED) is 0.294. The number of aromatic nitrogens is 1. The van der Waals surface area contributed by atoms with Gasteiger partial charge < -0.3 is 15.0 Å². The Hall–Kier alpha value is -4.07. The minimum absolute atomic E-state index is 0.0578. The molecule has 0 bridgehead atoms. The van der Waals surface area contributed by atoms with Crippen molar-refractivity contribution in [2.45, 2.75) is 25.4 Å². The molecule has 3 aromatic carbocycles. The molecule has 1 aromatic heterocycles. The van der Waals surface area contributed by atoms with Crippen molar-refractivity contribution in [2.75, 3.05) is 29.9 Å². The monoisotopic (exact) mass is 519 g/mol. The molecule has 1 N–H and O–H groups in total. The Kier molecular flexibility index (Phi) is 7.49. The lowest BCUT2D eigenvalue weighted by Crippen LogP contribution is -2.34. The summed E-state index contributed by atoms with van der Waals surface area (Å²) in [5.74, 6) is 1.39.